The summed E-state index contributed by atoms with van der Waals surface area (Å²) >= 11 is 0. The second kappa shape index (κ2) is 5.64. The van der Waals surface area contributed by atoms with Crippen LogP contribution in [0.3, 0.4) is 0 Å². The van der Waals surface area contributed by atoms with E-state index in [4.69, 9.17) is 4.98 Å². The van der Waals surface area contributed by atoms with Gasteiger partial charge >= 0.3 is 0 Å². The SMILES string of the molecule is CC(C)CCc1nc2cc(-c3ccnnc3)ccc2n1C. The molecule has 0 unspecified atom stereocenters. The fourth-order valence-corrected chi connectivity index (χ4v) is 2.53. The van der Waals surface area contributed by atoms with Crippen molar-refractivity contribution in [2.24, 2.45) is 13.0 Å². The summed E-state index contributed by atoms with van der Waals surface area (Å²) < 4.78 is 2.20. The van der Waals surface area contributed by atoms with Crippen molar-refractivity contribution in [1.82, 2.24) is 19.7 Å². The van der Waals surface area contributed by atoms with Gasteiger partial charge in [0.25, 0.3) is 0 Å². The fourth-order valence-electron chi connectivity index (χ4n) is 2.53. The summed E-state index contributed by atoms with van der Waals surface area (Å²) in [6.45, 7) is 4.49. The first-order chi connectivity index (χ1) is 10.1. The molecule has 2 aromatic heterocycles. The Morgan fingerprint density at radius 3 is 2.67 bits per heavy atom. The average molecular weight is 280 g/mol. The zero-order valence-corrected chi connectivity index (χ0v) is 12.7. The summed E-state index contributed by atoms with van der Waals surface area (Å²) in [7, 11) is 2.10. The average Bonchev–Trinajstić information content (AvgIpc) is 2.82. The lowest BCUT2D eigenvalue weighted by Gasteiger charge is -2.04. The number of imidazole rings is 1. The highest BCUT2D eigenvalue weighted by atomic mass is 15.1. The first kappa shape index (κ1) is 13.7. The number of benzene rings is 1. The summed E-state index contributed by atoms with van der Waals surface area (Å²) in [4.78, 5) is 4.80. The Labute approximate surface area is 124 Å². The van der Waals surface area contributed by atoms with Gasteiger partial charge in [0.2, 0.25) is 0 Å². The molecule has 0 aliphatic carbocycles. The van der Waals surface area contributed by atoms with E-state index in [1.54, 1.807) is 12.4 Å². The molecular weight excluding hydrogens is 260 g/mol. The minimum absolute atomic E-state index is 0.697. The summed E-state index contributed by atoms with van der Waals surface area (Å²) in [6.07, 6.45) is 5.68. The molecule has 0 fully saturated rings. The third-order valence-electron chi connectivity index (χ3n) is 3.84. The molecule has 21 heavy (non-hydrogen) atoms. The Bertz CT molecular complexity index is 744. The quantitative estimate of drug-likeness (QED) is 0.733. The topological polar surface area (TPSA) is 43.6 Å². The number of hydrogen-bond acceptors (Lipinski definition) is 3. The van der Waals surface area contributed by atoms with E-state index in [9.17, 15) is 0 Å². The second-order valence-electron chi connectivity index (χ2n) is 5.85. The van der Waals surface area contributed by atoms with E-state index in [1.807, 2.05) is 6.07 Å². The molecule has 0 N–H and O–H groups in total. The molecule has 4 nitrogen and oxygen atoms in total. The Balaban J connectivity index is 1.99. The van der Waals surface area contributed by atoms with Crippen LogP contribution < -0.4 is 0 Å². The number of rotatable bonds is 4. The maximum atomic E-state index is 4.80. The van der Waals surface area contributed by atoms with Gasteiger partial charge in [-0.2, -0.15) is 10.2 Å². The standard InChI is InChI=1S/C17H20N4/c1-12(2)4-7-17-20-15-10-13(5-6-16(15)21(17)3)14-8-9-18-19-11-14/h5-6,8-12H,4,7H2,1-3H3. The van der Waals surface area contributed by atoms with Crippen molar-refractivity contribution >= 4 is 11.0 Å². The molecular formula is C17H20N4. The summed E-state index contributed by atoms with van der Waals surface area (Å²) in [5.41, 5.74) is 4.43. The number of aryl methyl sites for hydroxylation is 2. The van der Waals surface area contributed by atoms with E-state index in [0.717, 1.165) is 35.3 Å². The molecule has 3 rings (SSSR count). The number of hydrogen-bond donors (Lipinski definition) is 0. The second-order valence-corrected chi connectivity index (χ2v) is 5.85. The summed E-state index contributed by atoms with van der Waals surface area (Å²) in [5, 5.41) is 7.76. The monoisotopic (exact) mass is 280 g/mol. The molecule has 3 aromatic rings. The van der Waals surface area contributed by atoms with Crippen LogP contribution in [-0.2, 0) is 13.5 Å². The van der Waals surface area contributed by atoms with Crippen molar-refractivity contribution in [3.8, 4) is 11.1 Å². The Hall–Kier alpha value is -2.23. The van der Waals surface area contributed by atoms with Crippen LogP contribution in [0.4, 0.5) is 0 Å². The molecule has 0 atom stereocenters. The van der Waals surface area contributed by atoms with Gasteiger partial charge in [0.05, 0.1) is 23.4 Å². The van der Waals surface area contributed by atoms with Crippen LogP contribution in [0.15, 0.2) is 36.7 Å². The van der Waals surface area contributed by atoms with Gasteiger partial charge in [0, 0.05) is 19.0 Å². The zero-order chi connectivity index (χ0) is 14.8. The molecule has 0 spiro atoms. The lowest BCUT2D eigenvalue weighted by Crippen LogP contribution is -2.00. The summed E-state index contributed by atoms with van der Waals surface area (Å²) in [6, 6.07) is 8.35. The zero-order valence-electron chi connectivity index (χ0n) is 12.7. The first-order valence-electron chi connectivity index (χ1n) is 7.37. The van der Waals surface area contributed by atoms with Gasteiger partial charge in [-0.15, -0.1) is 0 Å². The van der Waals surface area contributed by atoms with Gasteiger partial charge in [-0.05, 0) is 36.1 Å². The van der Waals surface area contributed by atoms with E-state index in [-0.39, 0.29) is 0 Å². The molecule has 0 bridgehead atoms. The first-order valence-corrected chi connectivity index (χ1v) is 7.37. The molecule has 0 radical (unpaired) electrons. The normalized spacial score (nSPS) is 11.4. The van der Waals surface area contributed by atoms with Crippen molar-refractivity contribution in [3.63, 3.8) is 0 Å². The van der Waals surface area contributed by atoms with Crippen LogP contribution in [0, 0.1) is 5.92 Å². The fraction of sp³-hybridized carbons (Fsp3) is 0.353. The van der Waals surface area contributed by atoms with Gasteiger partial charge in [-0.25, -0.2) is 4.98 Å². The van der Waals surface area contributed by atoms with E-state index in [2.05, 4.69) is 53.9 Å². The molecule has 0 aliphatic heterocycles. The van der Waals surface area contributed by atoms with E-state index in [1.165, 1.54) is 5.52 Å². The summed E-state index contributed by atoms with van der Waals surface area (Å²) in [5.74, 6) is 1.85. The van der Waals surface area contributed by atoms with Gasteiger partial charge in [0.15, 0.2) is 0 Å². The number of nitrogens with zero attached hydrogens (tertiary/aromatic N) is 4. The predicted molar refractivity (Wildman–Crippen MR) is 84.9 cm³/mol. The van der Waals surface area contributed by atoms with Crippen molar-refractivity contribution < 1.29 is 0 Å². The Kier molecular flexibility index (Phi) is 3.69. The van der Waals surface area contributed by atoms with Gasteiger partial charge in [-0.3, -0.25) is 0 Å². The lowest BCUT2D eigenvalue weighted by atomic mass is 10.1. The smallest absolute Gasteiger partial charge is 0.109 e. The molecule has 0 saturated heterocycles. The molecule has 0 amide bonds. The van der Waals surface area contributed by atoms with Crippen molar-refractivity contribution in [2.75, 3.05) is 0 Å². The van der Waals surface area contributed by atoms with E-state index >= 15 is 0 Å². The van der Waals surface area contributed by atoms with E-state index < -0.39 is 0 Å². The Morgan fingerprint density at radius 2 is 1.95 bits per heavy atom. The lowest BCUT2D eigenvalue weighted by molar-refractivity contribution is 0.568. The largest absolute Gasteiger partial charge is 0.331 e. The van der Waals surface area contributed by atoms with Crippen LogP contribution in [0.25, 0.3) is 22.2 Å². The predicted octanol–water partition coefficient (Wildman–Crippen LogP) is 3.62. The Morgan fingerprint density at radius 1 is 1.10 bits per heavy atom. The van der Waals surface area contributed by atoms with Crippen molar-refractivity contribution in [1.29, 1.82) is 0 Å². The molecule has 0 aliphatic rings. The minimum Gasteiger partial charge on any atom is -0.331 e. The van der Waals surface area contributed by atoms with Gasteiger partial charge in [0.1, 0.15) is 5.82 Å². The third kappa shape index (κ3) is 2.79. The number of aromatic nitrogens is 4. The van der Waals surface area contributed by atoms with Crippen molar-refractivity contribution in [2.45, 2.75) is 26.7 Å². The van der Waals surface area contributed by atoms with E-state index in [0.29, 0.717) is 5.92 Å². The maximum absolute atomic E-state index is 4.80. The van der Waals surface area contributed by atoms with Crippen LogP contribution in [0.2, 0.25) is 0 Å². The molecule has 1 aromatic carbocycles. The highest BCUT2D eigenvalue weighted by Crippen LogP contribution is 2.24. The highest BCUT2D eigenvalue weighted by Gasteiger charge is 2.09. The van der Waals surface area contributed by atoms with Crippen LogP contribution >= 0.6 is 0 Å². The van der Waals surface area contributed by atoms with Crippen LogP contribution in [0.1, 0.15) is 26.1 Å². The maximum Gasteiger partial charge on any atom is 0.109 e. The third-order valence-corrected chi connectivity index (χ3v) is 3.84. The highest BCUT2D eigenvalue weighted by molar-refractivity contribution is 5.82. The van der Waals surface area contributed by atoms with Crippen LogP contribution in [-0.4, -0.2) is 19.7 Å². The van der Waals surface area contributed by atoms with Crippen LogP contribution in [0.5, 0.6) is 0 Å². The molecule has 4 heteroatoms. The molecule has 108 valence electrons. The molecule has 2 heterocycles. The molecule has 0 saturated carbocycles. The minimum atomic E-state index is 0.697. The van der Waals surface area contributed by atoms with Gasteiger partial charge < -0.3 is 4.57 Å². The van der Waals surface area contributed by atoms with Crippen molar-refractivity contribution in [3.05, 3.63) is 42.5 Å². The number of fused-ring (bicyclic) bond motifs is 1. The van der Waals surface area contributed by atoms with Gasteiger partial charge in [-0.1, -0.05) is 19.9 Å².